The number of H-pyrrole nitrogens is 1. The molecule has 158 valence electrons. The number of thiophene rings is 1. The van der Waals surface area contributed by atoms with Crippen LogP contribution >= 0.6 is 11.3 Å². The maximum Gasteiger partial charge on any atom is 0.260 e. The lowest BCUT2D eigenvalue weighted by molar-refractivity contribution is -0.693. The highest BCUT2D eigenvalue weighted by Gasteiger charge is 2.24. The van der Waals surface area contributed by atoms with Crippen molar-refractivity contribution in [2.75, 3.05) is 19.8 Å². The minimum Gasteiger partial charge on any atom is -0.486 e. The van der Waals surface area contributed by atoms with Gasteiger partial charge in [-0.25, -0.2) is 4.98 Å². The van der Waals surface area contributed by atoms with Crippen LogP contribution in [0, 0.1) is 5.92 Å². The summed E-state index contributed by atoms with van der Waals surface area (Å²) in [6, 6.07) is 6.24. The van der Waals surface area contributed by atoms with Crippen molar-refractivity contribution in [3.8, 4) is 11.5 Å². The van der Waals surface area contributed by atoms with Crippen LogP contribution in [0.2, 0.25) is 0 Å². The number of aromatic amines is 1. The monoisotopic (exact) mass is 426 g/mol. The Balaban J connectivity index is 1.28. The number of hydrogen-bond donors (Lipinski definition) is 2. The van der Waals surface area contributed by atoms with E-state index in [2.05, 4.69) is 36.3 Å². The summed E-state index contributed by atoms with van der Waals surface area (Å²) in [5.41, 5.74) is 2.48. The number of rotatable bonds is 5. The van der Waals surface area contributed by atoms with Gasteiger partial charge < -0.3 is 19.8 Å². The number of fused-ring (bicyclic) bond motifs is 4. The summed E-state index contributed by atoms with van der Waals surface area (Å²) in [6.07, 6.45) is 4.14. The van der Waals surface area contributed by atoms with E-state index in [1.807, 2.05) is 6.07 Å². The van der Waals surface area contributed by atoms with Crippen LogP contribution in [-0.2, 0) is 19.3 Å². The standard InChI is InChI=1S/C23H27N3O3S/c1-13-3-5-16-19(11-13)30-23-20(16)22(27)25-21(26-23)14(2)24-8-7-15-4-6-17-18(12-15)29-10-9-28-17/h4,6,12-14,24H,3,5,7-11H2,1-2H3,(H,25,26,27)/p+1/t13-,14-/m0/s1. The molecular formula is C23H28N3O3S+. The van der Waals surface area contributed by atoms with Gasteiger partial charge in [0, 0.05) is 11.3 Å². The van der Waals surface area contributed by atoms with E-state index in [-0.39, 0.29) is 11.6 Å². The molecule has 30 heavy (non-hydrogen) atoms. The van der Waals surface area contributed by atoms with Crippen molar-refractivity contribution < 1.29 is 14.8 Å². The predicted octanol–water partition coefficient (Wildman–Crippen LogP) is 2.75. The van der Waals surface area contributed by atoms with Crippen molar-refractivity contribution in [1.29, 1.82) is 0 Å². The van der Waals surface area contributed by atoms with Crippen molar-refractivity contribution >= 4 is 21.6 Å². The molecule has 5 rings (SSSR count). The maximum absolute atomic E-state index is 12.8. The first-order valence-electron chi connectivity index (χ1n) is 10.8. The molecule has 3 heterocycles. The van der Waals surface area contributed by atoms with E-state index in [1.54, 1.807) is 11.3 Å². The number of aryl methyl sites for hydroxylation is 1. The third-order valence-corrected chi connectivity index (χ3v) is 7.32. The van der Waals surface area contributed by atoms with E-state index in [9.17, 15) is 4.79 Å². The average Bonchev–Trinajstić information content (AvgIpc) is 3.11. The molecule has 1 aromatic carbocycles. The molecule has 7 heteroatoms. The second-order valence-electron chi connectivity index (χ2n) is 8.52. The number of nitrogens with one attached hydrogen (secondary N) is 1. The van der Waals surface area contributed by atoms with Gasteiger partial charge >= 0.3 is 0 Å². The summed E-state index contributed by atoms with van der Waals surface area (Å²) in [6.45, 7) is 6.51. The van der Waals surface area contributed by atoms with Crippen LogP contribution < -0.4 is 20.3 Å². The third kappa shape index (κ3) is 3.72. The summed E-state index contributed by atoms with van der Waals surface area (Å²) in [4.78, 5) is 23.0. The molecule has 0 fully saturated rings. The summed E-state index contributed by atoms with van der Waals surface area (Å²) in [5.74, 6) is 3.11. The van der Waals surface area contributed by atoms with Crippen LogP contribution in [0.4, 0.5) is 0 Å². The highest BCUT2D eigenvalue weighted by Crippen LogP contribution is 2.35. The van der Waals surface area contributed by atoms with E-state index < -0.39 is 0 Å². The Morgan fingerprint density at radius 1 is 1.30 bits per heavy atom. The smallest absolute Gasteiger partial charge is 0.260 e. The summed E-state index contributed by atoms with van der Waals surface area (Å²) >= 11 is 1.71. The lowest BCUT2D eigenvalue weighted by Crippen LogP contribution is -2.85. The molecule has 0 saturated heterocycles. The maximum atomic E-state index is 12.8. The first-order chi connectivity index (χ1) is 14.6. The normalized spacial score (nSPS) is 18.9. The minimum atomic E-state index is 0.0224. The molecule has 3 N–H and O–H groups in total. The van der Waals surface area contributed by atoms with Crippen molar-refractivity contribution in [2.45, 2.75) is 45.6 Å². The lowest BCUT2D eigenvalue weighted by atomic mass is 9.89. The lowest BCUT2D eigenvalue weighted by Gasteiger charge is -2.18. The summed E-state index contributed by atoms with van der Waals surface area (Å²) in [5, 5.41) is 3.06. The van der Waals surface area contributed by atoms with Gasteiger partial charge in [0.05, 0.1) is 11.9 Å². The highest BCUT2D eigenvalue weighted by atomic mass is 32.1. The van der Waals surface area contributed by atoms with Gasteiger partial charge in [-0.05, 0) is 55.4 Å². The molecule has 0 spiro atoms. The van der Waals surface area contributed by atoms with Crippen LogP contribution in [-0.4, -0.2) is 29.7 Å². The van der Waals surface area contributed by atoms with Gasteiger partial charge in [-0.1, -0.05) is 13.0 Å². The molecule has 2 aromatic heterocycles. The molecule has 6 nitrogen and oxygen atoms in total. The third-order valence-electron chi connectivity index (χ3n) is 6.17. The number of ether oxygens (including phenoxy) is 2. The second-order valence-corrected chi connectivity index (χ2v) is 9.61. The van der Waals surface area contributed by atoms with Crippen LogP contribution in [0.15, 0.2) is 23.0 Å². The van der Waals surface area contributed by atoms with Crippen molar-refractivity contribution in [2.24, 2.45) is 5.92 Å². The van der Waals surface area contributed by atoms with E-state index in [4.69, 9.17) is 14.5 Å². The molecule has 2 atom stereocenters. The zero-order chi connectivity index (χ0) is 20.7. The Bertz CT molecular complexity index is 1140. The van der Waals surface area contributed by atoms with Crippen LogP contribution in [0.5, 0.6) is 11.5 Å². The number of quaternary nitrogens is 1. The summed E-state index contributed by atoms with van der Waals surface area (Å²) < 4.78 is 11.3. The fraction of sp³-hybridized carbons (Fsp3) is 0.478. The molecular weight excluding hydrogens is 398 g/mol. The van der Waals surface area contributed by atoms with Crippen LogP contribution in [0.1, 0.15) is 48.1 Å². The van der Waals surface area contributed by atoms with Crippen molar-refractivity contribution in [3.05, 3.63) is 50.4 Å². The number of nitrogens with zero attached hydrogens (tertiary/aromatic N) is 1. The van der Waals surface area contributed by atoms with E-state index >= 15 is 0 Å². The average molecular weight is 427 g/mol. The molecule has 0 radical (unpaired) electrons. The first kappa shape index (κ1) is 19.6. The Hall–Kier alpha value is -2.38. The molecule has 2 aliphatic rings. The molecule has 1 aliphatic heterocycles. The quantitative estimate of drug-likeness (QED) is 0.657. The molecule has 3 aromatic rings. The fourth-order valence-electron chi connectivity index (χ4n) is 4.44. The predicted molar refractivity (Wildman–Crippen MR) is 118 cm³/mol. The molecule has 0 saturated carbocycles. The van der Waals surface area contributed by atoms with E-state index in [0.29, 0.717) is 19.1 Å². The topological polar surface area (TPSA) is 80.8 Å². The van der Waals surface area contributed by atoms with Gasteiger partial charge in [0.2, 0.25) is 0 Å². The molecule has 0 unspecified atom stereocenters. The van der Waals surface area contributed by atoms with Gasteiger partial charge in [-0.15, -0.1) is 11.3 Å². The molecule has 0 bridgehead atoms. The van der Waals surface area contributed by atoms with E-state index in [1.165, 1.54) is 16.0 Å². The molecule has 0 amide bonds. The van der Waals surface area contributed by atoms with Crippen LogP contribution in [0.25, 0.3) is 10.2 Å². The van der Waals surface area contributed by atoms with Gasteiger partial charge in [0.25, 0.3) is 5.56 Å². The Kier molecular flexibility index (Phi) is 5.25. The largest absolute Gasteiger partial charge is 0.486 e. The first-order valence-corrected chi connectivity index (χ1v) is 11.7. The molecule has 1 aliphatic carbocycles. The van der Waals surface area contributed by atoms with Gasteiger partial charge in [0.15, 0.2) is 17.3 Å². The van der Waals surface area contributed by atoms with Gasteiger partial charge in [-0.3, -0.25) is 4.79 Å². The zero-order valence-corrected chi connectivity index (χ0v) is 18.3. The van der Waals surface area contributed by atoms with Crippen molar-refractivity contribution in [1.82, 2.24) is 9.97 Å². The number of nitrogens with two attached hydrogens (primary N) is 1. The van der Waals surface area contributed by atoms with Gasteiger partial charge in [0.1, 0.15) is 24.1 Å². The Labute approximate surface area is 179 Å². The second kappa shape index (κ2) is 8.04. The van der Waals surface area contributed by atoms with Crippen molar-refractivity contribution in [3.63, 3.8) is 0 Å². The van der Waals surface area contributed by atoms with E-state index in [0.717, 1.165) is 59.8 Å². The summed E-state index contributed by atoms with van der Waals surface area (Å²) in [7, 11) is 0. The number of hydrogen-bond acceptors (Lipinski definition) is 5. The number of benzene rings is 1. The SMILES string of the molecule is C[C@H]1CCc2c(sc3nc([C@H](C)[NH2+]CCc4ccc5c(c4)OCCO5)[nH]c(=O)c23)C1. The Morgan fingerprint density at radius 3 is 3.00 bits per heavy atom. The van der Waals surface area contributed by atoms with Crippen LogP contribution in [0.3, 0.4) is 0 Å². The number of aromatic nitrogens is 2. The fourth-order valence-corrected chi connectivity index (χ4v) is 5.83. The Morgan fingerprint density at radius 2 is 2.13 bits per heavy atom. The zero-order valence-electron chi connectivity index (χ0n) is 17.5. The minimum absolute atomic E-state index is 0.0224. The highest BCUT2D eigenvalue weighted by molar-refractivity contribution is 7.18. The van der Waals surface area contributed by atoms with Gasteiger partial charge in [-0.2, -0.15) is 0 Å².